The Labute approximate surface area is 167 Å². The van der Waals surface area contributed by atoms with Crippen LogP contribution in [0.15, 0.2) is 54.7 Å². The van der Waals surface area contributed by atoms with Gasteiger partial charge in [0.05, 0.1) is 23.9 Å². The normalized spacial score (nSPS) is 15.9. The summed E-state index contributed by atoms with van der Waals surface area (Å²) in [6.07, 6.45) is 2.49. The Morgan fingerprint density at radius 1 is 1.29 bits per heavy atom. The van der Waals surface area contributed by atoms with Crippen LogP contribution in [0.5, 0.6) is 0 Å². The number of amides is 1. The van der Waals surface area contributed by atoms with E-state index in [1.807, 2.05) is 29.1 Å². The van der Waals surface area contributed by atoms with Crippen LogP contribution in [-0.2, 0) is 17.7 Å². The van der Waals surface area contributed by atoms with Crippen LogP contribution < -0.4 is 5.32 Å². The maximum atomic E-state index is 13.6. The van der Waals surface area contributed by atoms with Crippen LogP contribution in [0.4, 0.5) is 4.39 Å². The molecule has 1 aromatic heterocycles. The lowest BCUT2D eigenvalue weighted by Gasteiger charge is -2.22. The molecule has 28 heavy (non-hydrogen) atoms. The van der Waals surface area contributed by atoms with E-state index >= 15 is 0 Å². The van der Waals surface area contributed by atoms with Gasteiger partial charge in [0, 0.05) is 18.3 Å². The van der Waals surface area contributed by atoms with Crippen LogP contribution in [0.25, 0.3) is 0 Å². The minimum absolute atomic E-state index is 0.0132. The van der Waals surface area contributed by atoms with Gasteiger partial charge in [0.1, 0.15) is 11.9 Å². The number of nitrogens with one attached hydrogen (secondary N) is 1. The number of halogens is 2. The van der Waals surface area contributed by atoms with E-state index in [1.54, 1.807) is 0 Å². The van der Waals surface area contributed by atoms with Crippen LogP contribution >= 0.6 is 11.6 Å². The SMILES string of the molecule is O=C(NC[C@@H]1OCCc2cn(Cc3ccccc3)nc21)c1ccc(Cl)c(F)c1. The number of aromatic nitrogens is 2. The van der Waals surface area contributed by atoms with E-state index in [0.717, 1.165) is 29.3 Å². The first kappa shape index (κ1) is 18.7. The van der Waals surface area contributed by atoms with Gasteiger partial charge in [-0.3, -0.25) is 9.48 Å². The van der Waals surface area contributed by atoms with E-state index in [-0.39, 0.29) is 29.1 Å². The summed E-state index contributed by atoms with van der Waals surface area (Å²) in [6.45, 7) is 1.51. The molecule has 1 amide bonds. The smallest absolute Gasteiger partial charge is 0.251 e. The number of carbonyl (C=O) groups is 1. The molecule has 3 aromatic rings. The highest BCUT2D eigenvalue weighted by atomic mass is 35.5. The second-order valence-corrected chi connectivity index (χ2v) is 7.08. The zero-order valence-corrected chi connectivity index (χ0v) is 15.8. The van der Waals surface area contributed by atoms with Gasteiger partial charge >= 0.3 is 0 Å². The summed E-state index contributed by atoms with van der Waals surface area (Å²) >= 11 is 5.66. The lowest BCUT2D eigenvalue weighted by Crippen LogP contribution is -2.32. The topological polar surface area (TPSA) is 56.1 Å². The number of hydrogen-bond acceptors (Lipinski definition) is 3. The Balaban J connectivity index is 1.44. The summed E-state index contributed by atoms with van der Waals surface area (Å²) < 4.78 is 21.3. The highest BCUT2D eigenvalue weighted by Crippen LogP contribution is 2.25. The van der Waals surface area contributed by atoms with Crippen molar-refractivity contribution >= 4 is 17.5 Å². The summed E-state index contributed by atoms with van der Waals surface area (Å²) in [5, 5.41) is 7.45. The van der Waals surface area contributed by atoms with Crippen LogP contribution in [0, 0.1) is 5.82 Å². The third kappa shape index (κ3) is 4.08. The molecule has 0 saturated carbocycles. The second-order valence-electron chi connectivity index (χ2n) is 6.67. The zero-order chi connectivity index (χ0) is 19.5. The maximum absolute atomic E-state index is 13.6. The molecule has 4 rings (SSSR count). The molecule has 1 N–H and O–H groups in total. The predicted molar refractivity (Wildman–Crippen MR) is 104 cm³/mol. The Kier molecular flexibility index (Phi) is 5.41. The van der Waals surface area contributed by atoms with Crippen molar-refractivity contribution in [2.75, 3.05) is 13.2 Å². The first-order valence-electron chi connectivity index (χ1n) is 9.05. The van der Waals surface area contributed by atoms with Crippen LogP contribution in [-0.4, -0.2) is 28.8 Å². The van der Waals surface area contributed by atoms with Gasteiger partial charge in [0.15, 0.2) is 0 Å². The monoisotopic (exact) mass is 399 g/mol. The Morgan fingerprint density at radius 3 is 2.89 bits per heavy atom. The molecule has 0 fully saturated rings. The van der Waals surface area contributed by atoms with Gasteiger partial charge in [0.2, 0.25) is 0 Å². The molecule has 0 bridgehead atoms. The van der Waals surface area contributed by atoms with E-state index < -0.39 is 5.82 Å². The molecule has 144 valence electrons. The number of benzene rings is 2. The van der Waals surface area contributed by atoms with Crippen LogP contribution in [0.3, 0.4) is 0 Å². The molecule has 0 radical (unpaired) electrons. The molecule has 2 heterocycles. The predicted octanol–water partition coefficient (Wildman–Crippen LogP) is 3.77. The molecular formula is C21H19ClFN3O2. The molecular weight excluding hydrogens is 381 g/mol. The Bertz CT molecular complexity index is 991. The van der Waals surface area contributed by atoms with E-state index in [1.165, 1.54) is 12.1 Å². The van der Waals surface area contributed by atoms with Crippen molar-refractivity contribution in [3.8, 4) is 0 Å². The number of nitrogens with zero attached hydrogens (tertiary/aromatic N) is 2. The van der Waals surface area contributed by atoms with Crippen molar-refractivity contribution in [2.45, 2.75) is 19.1 Å². The molecule has 5 nitrogen and oxygen atoms in total. The summed E-state index contributed by atoms with van der Waals surface area (Å²) in [5.41, 5.74) is 3.34. The molecule has 1 aliphatic rings. The van der Waals surface area contributed by atoms with Gasteiger partial charge in [-0.05, 0) is 35.7 Å². The van der Waals surface area contributed by atoms with Crippen molar-refractivity contribution in [1.82, 2.24) is 15.1 Å². The van der Waals surface area contributed by atoms with Gasteiger partial charge < -0.3 is 10.1 Å². The van der Waals surface area contributed by atoms with Crippen molar-refractivity contribution < 1.29 is 13.9 Å². The molecule has 7 heteroatoms. The van der Waals surface area contributed by atoms with E-state index in [9.17, 15) is 9.18 Å². The van der Waals surface area contributed by atoms with Gasteiger partial charge in [-0.15, -0.1) is 0 Å². The lowest BCUT2D eigenvalue weighted by molar-refractivity contribution is 0.0383. The highest BCUT2D eigenvalue weighted by Gasteiger charge is 2.25. The molecule has 1 atom stereocenters. The van der Waals surface area contributed by atoms with Crippen molar-refractivity contribution in [1.29, 1.82) is 0 Å². The molecule has 2 aromatic carbocycles. The van der Waals surface area contributed by atoms with Crippen molar-refractivity contribution in [3.05, 3.63) is 88.0 Å². The average molecular weight is 400 g/mol. The van der Waals surface area contributed by atoms with E-state index in [0.29, 0.717) is 13.2 Å². The third-order valence-electron chi connectivity index (χ3n) is 4.68. The van der Waals surface area contributed by atoms with Crippen LogP contribution in [0.2, 0.25) is 5.02 Å². The maximum Gasteiger partial charge on any atom is 0.251 e. The fraction of sp³-hybridized carbons (Fsp3) is 0.238. The largest absolute Gasteiger partial charge is 0.370 e. The molecule has 0 saturated heterocycles. The van der Waals surface area contributed by atoms with Crippen molar-refractivity contribution in [2.24, 2.45) is 0 Å². The summed E-state index contributed by atoms with van der Waals surface area (Å²) in [5.74, 6) is -1.000. The molecule has 0 spiro atoms. The lowest BCUT2D eigenvalue weighted by atomic mass is 10.1. The first-order valence-corrected chi connectivity index (χ1v) is 9.43. The minimum Gasteiger partial charge on any atom is -0.370 e. The first-order chi connectivity index (χ1) is 13.6. The molecule has 0 unspecified atom stereocenters. The summed E-state index contributed by atoms with van der Waals surface area (Å²) in [6, 6.07) is 14.1. The summed E-state index contributed by atoms with van der Waals surface area (Å²) in [4.78, 5) is 12.3. The quantitative estimate of drug-likeness (QED) is 0.710. The number of carbonyl (C=O) groups excluding carboxylic acids is 1. The number of hydrogen-bond donors (Lipinski definition) is 1. The van der Waals surface area contributed by atoms with Crippen molar-refractivity contribution in [3.63, 3.8) is 0 Å². The second kappa shape index (κ2) is 8.12. The van der Waals surface area contributed by atoms with Gasteiger partial charge in [-0.1, -0.05) is 41.9 Å². The molecule has 1 aliphatic heterocycles. The number of rotatable bonds is 5. The molecule has 0 aliphatic carbocycles. The number of ether oxygens (including phenoxy) is 1. The average Bonchev–Trinajstić information content (AvgIpc) is 3.12. The minimum atomic E-state index is -0.620. The third-order valence-corrected chi connectivity index (χ3v) is 4.99. The standard InChI is InChI=1S/C21H19ClFN3O2/c22-17-7-6-15(10-18(17)23)21(27)24-11-19-20-16(8-9-28-19)13-26(25-20)12-14-4-2-1-3-5-14/h1-7,10,13,19H,8-9,11-12H2,(H,24,27)/t19-/m0/s1. The van der Waals surface area contributed by atoms with Gasteiger partial charge in [0.25, 0.3) is 5.91 Å². The van der Waals surface area contributed by atoms with Gasteiger partial charge in [-0.25, -0.2) is 4.39 Å². The van der Waals surface area contributed by atoms with E-state index in [2.05, 4.69) is 22.5 Å². The highest BCUT2D eigenvalue weighted by molar-refractivity contribution is 6.30. The fourth-order valence-electron chi connectivity index (χ4n) is 3.26. The number of fused-ring (bicyclic) bond motifs is 1. The van der Waals surface area contributed by atoms with Crippen LogP contribution in [0.1, 0.15) is 33.3 Å². The fourth-order valence-corrected chi connectivity index (χ4v) is 3.38. The Hall–Kier alpha value is -2.70. The van der Waals surface area contributed by atoms with Gasteiger partial charge in [-0.2, -0.15) is 5.10 Å². The zero-order valence-electron chi connectivity index (χ0n) is 15.1. The summed E-state index contributed by atoms with van der Waals surface area (Å²) in [7, 11) is 0. The Morgan fingerprint density at radius 2 is 2.11 bits per heavy atom. The van der Waals surface area contributed by atoms with E-state index in [4.69, 9.17) is 16.3 Å².